The summed E-state index contributed by atoms with van der Waals surface area (Å²) in [5, 5.41) is 0. The molecule has 0 fully saturated rings. The Labute approximate surface area is 99.4 Å². The standard InChI is InChI=1S/C13H22O2Si/c1-5-13(12-9-10-14-11-12)15-16(6-2,7-3)8-4/h5,9-11,13H,1,6-8H2,2-4H3/t13-/m0/s1. The van der Waals surface area contributed by atoms with Gasteiger partial charge in [0, 0.05) is 5.56 Å². The van der Waals surface area contributed by atoms with E-state index in [0.29, 0.717) is 0 Å². The van der Waals surface area contributed by atoms with Crippen molar-refractivity contribution in [2.24, 2.45) is 0 Å². The molecule has 0 aliphatic carbocycles. The Kier molecular flexibility index (Phi) is 5.02. The van der Waals surface area contributed by atoms with E-state index in [1.54, 1.807) is 12.5 Å². The molecule has 0 aliphatic heterocycles. The molecule has 1 heterocycles. The van der Waals surface area contributed by atoms with Crippen LogP contribution in [-0.4, -0.2) is 8.32 Å². The third kappa shape index (κ3) is 2.86. The van der Waals surface area contributed by atoms with Gasteiger partial charge in [0.1, 0.15) is 0 Å². The van der Waals surface area contributed by atoms with Gasteiger partial charge in [0.2, 0.25) is 0 Å². The average Bonchev–Trinajstić information content (AvgIpc) is 2.85. The molecule has 1 aromatic heterocycles. The zero-order valence-corrected chi connectivity index (χ0v) is 11.5. The van der Waals surface area contributed by atoms with Crippen LogP contribution in [0, 0.1) is 0 Å². The molecule has 0 aromatic carbocycles. The molecule has 0 saturated carbocycles. The average molecular weight is 238 g/mol. The topological polar surface area (TPSA) is 22.4 Å². The number of rotatable bonds is 7. The Morgan fingerprint density at radius 3 is 2.38 bits per heavy atom. The summed E-state index contributed by atoms with van der Waals surface area (Å²) in [6, 6.07) is 5.42. The summed E-state index contributed by atoms with van der Waals surface area (Å²) in [6.07, 6.45) is 5.28. The van der Waals surface area contributed by atoms with Crippen LogP contribution in [0.5, 0.6) is 0 Å². The maximum atomic E-state index is 6.34. The highest BCUT2D eigenvalue weighted by atomic mass is 28.4. The number of hydrogen-bond acceptors (Lipinski definition) is 2. The van der Waals surface area contributed by atoms with Gasteiger partial charge >= 0.3 is 0 Å². The van der Waals surface area contributed by atoms with Crippen LogP contribution in [0.3, 0.4) is 0 Å². The summed E-state index contributed by atoms with van der Waals surface area (Å²) < 4.78 is 11.4. The summed E-state index contributed by atoms with van der Waals surface area (Å²) in [7, 11) is -1.57. The summed E-state index contributed by atoms with van der Waals surface area (Å²) >= 11 is 0. The molecule has 0 spiro atoms. The van der Waals surface area contributed by atoms with Crippen molar-refractivity contribution in [1.82, 2.24) is 0 Å². The molecule has 90 valence electrons. The lowest BCUT2D eigenvalue weighted by molar-refractivity contribution is 0.237. The predicted molar refractivity (Wildman–Crippen MR) is 69.9 cm³/mol. The number of hydrogen-bond donors (Lipinski definition) is 0. The van der Waals surface area contributed by atoms with Gasteiger partial charge in [-0.1, -0.05) is 26.8 Å². The summed E-state index contributed by atoms with van der Waals surface area (Å²) in [5.74, 6) is 0. The molecule has 2 nitrogen and oxygen atoms in total. The Bertz CT molecular complexity index is 293. The second kappa shape index (κ2) is 6.06. The summed E-state index contributed by atoms with van der Waals surface area (Å²) in [6.45, 7) is 10.6. The summed E-state index contributed by atoms with van der Waals surface area (Å²) in [5.41, 5.74) is 1.07. The molecule has 0 bridgehead atoms. The van der Waals surface area contributed by atoms with E-state index in [-0.39, 0.29) is 6.10 Å². The van der Waals surface area contributed by atoms with Gasteiger partial charge in [0.05, 0.1) is 18.6 Å². The fourth-order valence-electron chi connectivity index (χ4n) is 1.96. The van der Waals surface area contributed by atoms with Crippen LogP contribution in [0.2, 0.25) is 18.1 Å². The molecule has 0 N–H and O–H groups in total. The molecule has 16 heavy (non-hydrogen) atoms. The van der Waals surface area contributed by atoms with Crippen molar-refractivity contribution in [3.63, 3.8) is 0 Å². The molecule has 0 saturated heterocycles. The highest BCUT2D eigenvalue weighted by Gasteiger charge is 2.31. The number of furan rings is 1. The highest BCUT2D eigenvalue weighted by molar-refractivity contribution is 6.73. The van der Waals surface area contributed by atoms with Gasteiger partial charge in [-0.2, -0.15) is 0 Å². The maximum Gasteiger partial charge on any atom is 0.193 e. The van der Waals surface area contributed by atoms with Crippen molar-refractivity contribution >= 4 is 8.32 Å². The van der Waals surface area contributed by atoms with Gasteiger partial charge in [-0.25, -0.2) is 0 Å². The summed E-state index contributed by atoms with van der Waals surface area (Å²) in [4.78, 5) is 0. The predicted octanol–water partition coefficient (Wildman–Crippen LogP) is 4.53. The minimum absolute atomic E-state index is 0.00901. The molecule has 1 rings (SSSR count). The molecule has 0 amide bonds. The van der Waals surface area contributed by atoms with E-state index in [0.717, 1.165) is 23.7 Å². The van der Waals surface area contributed by atoms with Crippen molar-refractivity contribution in [3.8, 4) is 0 Å². The molecule has 1 aromatic rings. The van der Waals surface area contributed by atoms with Crippen LogP contribution in [0.25, 0.3) is 0 Å². The van der Waals surface area contributed by atoms with E-state index in [1.165, 1.54) is 0 Å². The third-order valence-corrected chi connectivity index (χ3v) is 8.02. The minimum Gasteiger partial charge on any atom is -0.472 e. The zero-order valence-electron chi connectivity index (χ0n) is 10.5. The Balaban J connectivity index is 2.79. The molecule has 0 radical (unpaired) electrons. The van der Waals surface area contributed by atoms with E-state index in [1.807, 2.05) is 12.1 Å². The van der Waals surface area contributed by atoms with Gasteiger partial charge in [-0.05, 0) is 24.2 Å². The first kappa shape index (κ1) is 13.3. The third-order valence-electron chi connectivity index (χ3n) is 3.40. The van der Waals surface area contributed by atoms with E-state index < -0.39 is 8.32 Å². The van der Waals surface area contributed by atoms with Gasteiger partial charge in [-0.15, -0.1) is 6.58 Å². The Morgan fingerprint density at radius 2 is 2.00 bits per heavy atom. The molecule has 3 heteroatoms. The first-order chi connectivity index (χ1) is 7.71. The molecular formula is C13H22O2Si. The fourth-order valence-corrected chi connectivity index (χ4v) is 4.73. The Hall–Kier alpha value is -0.803. The van der Waals surface area contributed by atoms with Gasteiger partial charge < -0.3 is 8.84 Å². The van der Waals surface area contributed by atoms with Crippen LogP contribution in [-0.2, 0) is 4.43 Å². The van der Waals surface area contributed by atoms with Crippen LogP contribution in [0.15, 0.2) is 35.7 Å². The van der Waals surface area contributed by atoms with Gasteiger partial charge in [0.15, 0.2) is 8.32 Å². The molecular weight excluding hydrogens is 216 g/mol. The van der Waals surface area contributed by atoms with Crippen LogP contribution >= 0.6 is 0 Å². The second-order valence-electron chi connectivity index (χ2n) is 4.07. The smallest absolute Gasteiger partial charge is 0.193 e. The molecule has 0 aliphatic rings. The lowest BCUT2D eigenvalue weighted by Gasteiger charge is -2.31. The van der Waals surface area contributed by atoms with E-state index in [2.05, 4.69) is 27.4 Å². The van der Waals surface area contributed by atoms with Crippen molar-refractivity contribution in [2.75, 3.05) is 0 Å². The van der Waals surface area contributed by atoms with Crippen LogP contribution < -0.4 is 0 Å². The molecule has 0 unspecified atom stereocenters. The first-order valence-corrected chi connectivity index (χ1v) is 8.56. The lowest BCUT2D eigenvalue weighted by Crippen LogP contribution is -2.36. The van der Waals surface area contributed by atoms with Crippen molar-refractivity contribution in [1.29, 1.82) is 0 Å². The van der Waals surface area contributed by atoms with E-state index in [9.17, 15) is 0 Å². The van der Waals surface area contributed by atoms with Crippen molar-refractivity contribution in [3.05, 3.63) is 36.8 Å². The Morgan fingerprint density at radius 1 is 1.38 bits per heavy atom. The van der Waals surface area contributed by atoms with E-state index in [4.69, 9.17) is 8.84 Å². The van der Waals surface area contributed by atoms with Crippen molar-refractivity contribution in [2.45, 2.75) is 45.0 Å². The lowest BCUT2D eigenvalue weighted by atomic mass is 10.2. The second-order valence-corrected chi connectivity index (χ2v) is 8.80. The minimum atomic E-state index is -1.57. The van der Waals surface area contributed by atoms with E-state index >= 15 is 0 Å². The first-order valence-electron chi connectivity index (χ1n) is 6.03. The molecule has 1 atom stereocenters. The van der Waals surface area contributed by atoms with Gasteiger partial charge in [-0.3, -0.25) is 0 Å². The normalized spacial score (nSPS) is 13.7. The monoisotopic (exact) mass is 238 g/mol. The van der Waals surface area contributed by atoms with Crippen LogP contribution in [0.4, 0.5) is 0 Å². The quantitative estimate of drug-likeness (QED) is 0.514. The highest BCUT2D eigenvalue weighted by Crippen LogP contribution is 2.30. The van der Waals surface area contributed by atoms with Crippen molar-refractivity contribution < 1.29 is 8.84 Å². The van der Waals surface area contributed by atoms with Crippen LogP contribution in [0.1, 0.15) is 32.4 Å². The van der Waals surface area contributed by atoms with Gasteiger partial charge in [0.25, 0.3) is 0 Å². The SMILES string of the molecule is C=C[C@H](O[Si](CC)(CC)CC)c1ccoc1. The fraction of sp³-hybridized carbons (Fsp3) is 0.538. The zero-order chi connectivity index (χ0) is 12.0. The largest absolute Gasteiger partial charge is 0.472 e. The maximum absolute atomic E-state index is 6.34.